The second kappa shape index (κ2) is 6.68. The first-order chi connectivity index (χ1) is 7.97. The molecule has 0 spiro atoms. The lowest BCUT2D eigenvalue weighted by atomic mass is 10.1. The Balaban J connectivity index is 2.63. The van der Waals surface area contributed by atoms with E-state index in [1.807, 2.05) is 20.8 Å². The minimum Gasteiger partial charge on any atom is -0.315 e. The van der Waals surface area contributed by atoms with Gasteiger partial charge in [0.2, 0.25) is 0 Å². The van der Waals surface area contributed by atoms with Crippen molar-refractivity contribution < 1.29 is 8.42 Å². The van der Waals surface area contributed by atoms with Crippen molar-refractivity contribution in [3.05, 3.63) is 0 Å². The Labute approximate surface area is 105 Å². The van der Waals surface area contributed by atoms with Crippen LogP contribution in [0.1, 0.15) is 33.6 Å². The molecule has 1 aliphatic rings. The summed E-state index contributed by atoms with van der Waals surface area (Å²) in [5, 5.41) is 3.25. The molecule has 0 aliphatic carbocycles. The monoisotopic (exact) mass is 263 g/mol. The van der Waals surface area contributed by atoms with E-state index >= 15 is 0 Å². The van der Waals surface area contributed by atoms with Crippen LogP contribution in [-0.2, 0) is 10.2 Å². The molecular weight excluding hydrogens is 238 g/mol. The van der Waals surface area contributed by atoms with Crippen LogP contribution in [0, 0.1) is 5.92 Å². The van der Waals surface area contributed by atoms with Crippen molar-refractivity contribution in [1.29, 1.82) is 0 Å². The van der Waals surface area contributed by atoms with Crippen LogP contribution in [-0.4, -0.2) is 44.9 Å². The molecule has 1 atom stereocenters. The Morgan fingerprint density at radius 1 is 1.47 bits per heavy atom. The van der Waals surface area contributed by atoms with Crippen LogP contribution in [0.4, 0.5) is 0 Å². The SMILES string of the molecule is CCN(C1CCCNC1)S(=O)(=O)NCC(C)C. The summed E-state index contributed by atoms with van der Waals surface area (Å²) in [5.74, 6) is 0.327. The lowest BCUT2D eigenvalue weighted by molar-refractivity contribution is 0.271. The fourth-order valence-electron chi connectivity index (χ4n) is 2.06. The van der Waals surface area contributed by atoms with E-state index in [1.165, 1.54) is 0 Å². The van der Waals surface area contributed by atoms with Crippen LogP contribution in [0.5, 0.6) is 0 Å². The number of hydrogen-bond donors (Lipinski definition) is 2. The summed E-state index contributed by atoms with van der Waals surface area (Å²) in [6.07, 6.45) is 1.99. The van der Waals surface area contributed by atoms with Gasteiger partial charge in [0.15, 0.2) is 0 Å². The second-order valence-electron chi connectivity index (χ2n) is 4.95. The van der Waals surface area contributed by atoms with Gasteiger partial charge in [0, 0.05) is 25.7 Å². The Kier molecular flexibility index (Phi) is 5.85. The molecule has 5 nitrogen and oxygen atoms in total. The van der Waals surface area contributed by atoms with E-state index in [0.717, 1.165) is 25.9 Å². The van der Waals surface area contributed by atoms with Gasteiger partial charge >= 0.3 is 0 Å². The van der Waals surface area contributed by atoms with Crippen LogP contribution in [0.25, 0.3) is 0 Å². The molecule has 0 bridgehead atoms. The van der Waals surface area contributed by atoms with E-state index in [0.29, 0.717) is 19.0 Å². The zero-order valence-corrected chi connectivity index (χ0v) is 11.9. The normalized spacial score (nSPS) is 22.3. The van der Waals surface area contributed by atoms with E-state index in [2.05, 4.69) is 10.0 Å². The molecule has 0 amide bonds. The van der Waals surface area contributed by atoms with Crippen LogP contribution < -0.4 is 10.0 Å². The van der Waals surface area contributed by atoms with Gasteiger partial charge in [-0.25, -0.2) is 4.72 Å². The highest BCUT2D eigenvalue weighted by Gasteiger charge is 2.29. The summed E-state index contributed by atoms with van der Waals surface area (Å²) in [5.41, 5.74) is 0. The fraction of sp³-hybridized carbons (Fsp3) is 1.00. The molecule has 1 aliphatic heterocycles. The zero-order valence-electron chi connectivity index (χ0n) is 11.1. The van der Waals surface area contributed by atoms with E-state index in [1.54, 1.807) is 4.31 Å². The van der Waals surface area contributed by atoms with Gasteiger partial charge in [-0.05, 0) is 25.3 Å². The first kappa shape index (κ1) is 14.9. The first-order valence-corrected chi connectivity index (χ1v) is 7.88. The summed E-state index contributed by atoms with van der Waals surface area (Å²) in [4.78, 5) is 0. The average molecular weight is 263 g/mol. The van der Waals surface area contributed by atoms with Crippen LogP contribution in [0.15, 0.2) is 0 Å². The predicted molar refractivity (Wildman–Crippen MR) is 70.0 cm³/mol. The molecule has 1 fully saturated rings. The summed E-state index contributed by atoms with van der Waals surface area (Å²) in [6, 6.07) is 0.0958. The van der Waals surface area contributed by atoms with Crippen molar-refractivity contribution in [1.82, 2.24) is 14.3 Å². The molecule has 0 aromatic carbocycles. The van der Waals surface area contributed by atoms with Gasteiger partial charge in [0.1, 0.15) is 0 Å². The van der Waals surface area contributed by atoms with Crippen molar-refractivity contribution in [3.63, 3.8) is 0 Å². The molecule has 102 valence electrons. The van der Waals surface area contributed by atoms with Gasteiger partial charge in [0.25, 0.3) is 10.2 Å². The first-order valence-electron chi connectivity index (χ1n) is 6.44. The molecule has 6 heteroatoms. The van der Waals surface area contributed by atoms with Crippen LogP contribution >= 0.6 is 0 Å². The Morgan fingerprint density at radius 2 is 2.18 bits per heavy atom. The highest BCUT2D eigenvalue weighted by Crippen LogP contribution is 2.13. The van der Waals surface area contributed by atoms with Crippen LogP contribution in [0.2, 0.25) is 0 Å². The number of likely N-dealkylation sites (N-methyl/N-ethyl adjacent to an activating group) is 1. The van der Waals surface area contributed by atoms with Gasteiger partial charge in [-0.3, -0.25) is 0 Å². The molecular formula is C11H25N3O2S. The minimum absolute atomic E-state index is 0.0958. The molecule has 2 N–H and O–H groups in total. The maximum atomic E-state index is 12.2. The number of nitrogens with zero attached hydrogens (tertiary/aromatic N) is 1. The van der Waals surface area contributed by atoms with Gasteiger partial charge in [-0.15, -0.1) is 0 Å². The molecule has 1 rings (SSSR count). The largest absolute Gasteiger partial charge is 0.315 e. The van der Waals surface area contributed by atoms with E-state index in [4.69, 9.17) is 0 Å². The van der Waals surface area contributed by atoms with E-state index in [-0.39, 0.29) is 6.04 Å². The molecule has 1 saturated heterocycles. The summed E-state index contributed by atoms with van der Waals surface area (Å²) in [7, 11) is -3.32. The lowest BCUT2D eigenvalue weighted by Crippen LogP contribution is -2.52. The summed E-state index contributed by atoms with van der Waals surface area (Å²) >= 11 is 0. The number of hydrogen-bond acceptors (Lipinski definition) is 3. The predicted octanol–water partition coefficient (Wildman–Crippen LogP) is 0.551. The Morgan fingerprint density at radius 3 is 2.65 bits per heavy atom. The van der Waals surface area contributed by atoms with Crippen molar-refractivity contribution in [3.8, 4) is 0 Å². The Hall–Kier alpha value is -0.170. The highest BCUT2D eigenvalue weighted by molar-refractivity contribution is 7.87. The molecule has 0 aromatic heterocycles. The van der Waals surface area contributed by atoms with Crippen molar-refractivity contribution in [2.24, 2.45) is 5.92 Å². The van der Waals surface area contributed by atoms with Crippen molar-refractivity contribution in [2.45, 2.75) is 39.7 Å². The fourth-order valence-corrected chi connectivity index (χ4v) is 3.68. The maximum Gasteiger partial charge on any atom is 0.279 e. The lowest BCUT2D eigenvalue weighted by Gasteiger charge is -2.33. The highest BCUT2D eigenvalue weighted by atomic mass is 32.2. The molecule has 1 unspecified atom stereocenters. The van der Waals surface area contributed by atoms with E-state index < -0.39 is 10.2 Å². The van der Waals surface area contributed by atoms with Crippen LogP contribution in [0.3, 0.4) is 0 Å². The number of nitrogens with one attached hydrogen (secondary N) is 2. The van der Waals surface area contributed by atoms with Gasteiger partial charge < -0.3 is 5.32 Å². The standard InChI is InChI=1S/C11H25N3O2S/c1-4-14(11-6-5-7-12-9-11)17(15,16)13-8-10(2)3/h10-13H,4-9H2,1-3H3. The number of rotatable bonds is 6. The molecule has 0 radical (unpaired) electrons. The topological polar surface area (TPSA) is 61.4 Å². The minimum atomic E-state index is -3.32. The van der Waals surface area contributed by atoms with Crippen molar-refractivity contribution >= 4 is 10.2 Å². The van der Waals surface area contributed by atoms with E-state index in [9.17, 15) is 8.42 Å². The molecule has 1 heterocycles. The third kappa shape index (κ3) is 4.54. The van der Waals surface area contributed by atoms with Gasteiger partial charge in [0.05, 0.1) is 0 Å². The van der Waals surface area contributed by atoms with Gasteiger partial charge in [-0.1, -0.05) is 20.8 Å². The maximum absolute atomic E-state index is 12.2. The Bertz CT molecular complexity index is 311. The summed E-state index contributed by atoms with van der Waals surface area (Å²) in [6.45, 7) is 8.67. The third-order valence-corrected chi connectivity index (χ3v) is 4.68. The third-order valence-electron chi connectivity index (χ3n) is 2.97. The van der Waals surface area contributed by atoms with Gasteiger partial charge in [-0.2, -0.15) is 12.7 Å². The zero-order chi connectivity index (χ0) is 12.9. The molecule has 0 saturated carbocycles. The average Bonchev–Trinajstić information content (AvgIpc) is 2.29. The summed E-state index contributed by atoms with van der Waals surface area (Å²) < 4.78 is 28.6. The molecule has 0 aromatic rings. The smallest absolute Gasteiger partial charge is 0.279 e. The molecule has 17 heavy (non-hydrogen) atoms. The number of piperidine rings is 1. The quantitative estimate of drug-likeness (QED) is 0.736. The van der Waals surface area contributed by atoms with Crippen molar-refractivity contribution in [2.75, 3.05) is 26.2 Å². The second-order valence-corrected chi connectivity index (χ2v) is 6.66.